The maximum Gasteiger partial charge on any atom is 0.253 e. The second-order valence-corrected chi connectivity index (χ2v) is 5.14. The highest BCUT2D eigenvalue weighted by atomic mass is 32.2. The van der Waals surface area contributed by atoms with Gasteiger partial charge in [0.1, 0.15) is 11.5 Å². The fraction of sp³-hybridized carbons (Fsp3) is 0.300. The molecule has 0 bridgehead atoms. The summed E-state index contributed by atoms with van der Waals surface area (Å²) in [7, 11) is -3.84. The summed E-state index contributed by atoms with van der Waals surface area (Å²) in [4.78, 5) is 13.0. The number of morpholine rings is 1. The summed E-state index contributed by atoms with van der Waals surface area (Å²) in [5.74, 6) is -0.271. The second-order valence-electron chi connectivity index (χ2n) is 3.61. The highest BCUT2D eigenvalue weighted by Gasteiger charge is 2.25. The predicted octanol–water partition coefficient (Wildman–Crippen LogP) is -0.303. The third-order valence-corrected chi connectivity index (χ3v) is 3.41. The van der Waals surface area contributed by atoms with Crippen LogP contribution in [0.1, 0.15) is 0 Å². The van der Waals surface area contributed by atoms with Gasteiger partial charge in [0.2, 0.25) is 10.0 Å². The first-order valence-electron chi connectivity index (χ1n) is 5.00. The van der Waals surface area contributed by atoms with E-state index < -0.39 is 10.0 Å². The molecule has 17 heavy (non-hydrogen) atoms. The Morgan fingerprint density at radius 2 is 2.00 bits per heavy atom. The Labute approximate surface area is 99.0 Å². The van der Waals surface area contributed by atoms with Crippen molar-refractivity contribution in [3.8, 4) is 0 Å². The fourth-order valence-corrected chi connectivity index (χ4v) is 2.43. The molecule has 0 spiro atoms. The molecule has 1 aromatic rings. The molecule has 6 nitrogen and oxygen atoms in total. The van der Waals surface area contributed by atoms with Gasteiger partial charge in [-0.3, -0.25) is 4.79 Å². The van der Waals surface area contributed by atoms with Crippen molar-refractivity contribution in [3.63, 3.8) is 0 Å². The van der Waals surface area contributed by atoms with Crippen LogP contribution >= 0.6 is 0 Å². The van der Waals surface area contributed by atoms with Gasteiger partial charge in [-0.1, -0.05) is 12.1 Å². The van der Waals surface area contributed by atoms with Gasteiger partial charge in [-0.15, -0.1) is 0 Å². The number of hydrogen-bond acceptors (Lipinski definition) is 4. The van der Waals surface area contributed by atoms with E-state index in [0.29, 0.717) is 18.8 Å². The summed E-state index contributed by atoms with van der Waals surface area (Å²) < 4.78 is 27.8. The maximum atomic E-state index is 11.6. The molecular formula is C10H12N2O4S. The largest absolute Gasteiger partial charge is 0.370 e. The fourth-order valence-electron chi connectivity index (χ4n) is 1.69. The van der Waals surface area contributed by atoms with Crippen LogP contribution in [-0.4, -0.2) is 34.1 Å². The van der Waals surface area contributed by atoms with E-state index >= 15 is 0 Å². The average molecular weight is 256 g/mol. The van der Waals surface area contributed by atoms with Gasteiger partial charge in [0, 0.05) is 6.54 Å². The normalized spacial score (nSPS) is 17.2. The molecule has 1 saturated heterocycles. The SMILES string of the molecule is NS(=O)(=O)c1ccccc1N1CCOCC1=O. The Kier molecular flexibility index (Phi) is 3.14. The molecule has 0 aliphatic carbocycles. The monoisotopic (exact) mass is 256 g/mol. The molecule has 0 atom stereocenters. The van der Waals surface area contributed by atoms with Crippen LogP contribution < -0.4 is 10.0 Å². The molecule has 7 heteroatoms. The first-order chi connectivity index (χ1) is 8.00. The minimum atomic E-state index is -3.84. The zero-order valence-corrected chi connectivity index (χ0v) is 9.81. The van der Waals surface area contributed by atoms with Crippen LogP contribution in [0.3, 0.4) is 0 Å². The van der Waals surface area contributed by atoms with E-state index in [9.17, 15) is 13.2 Å². The van der Waals surface area contributed by atoms with Crippen molar-refractivity contribution in [2.75, 3.05) is 24.7 Å². The summed E-state index contributed by atoms with van der Waals surface area (Å²) >= 11 is 0. The summed E-state index contributed by atoms with van der Waals surface area (Å²) in [5.41, 5.74) is 0.309. The van der Waals surface area contributed by atoms with Crippen molar-refractivity contribution < 1.29 is 17.9 Å². The number of nitrogens with zero attached hydrogens (tertiary/aromatic N) is 1. The van der Waals surface area contributed by atoms with Crippen LogP contribution in [-0.2, 0) is 19.6 Å². The minimum absolute atomic E-state index is 0.0427. The van der Waals surface area contributed by atoms with Gasteiger partial charge in [-0.05, 0) is 12.1 Å². The van der Waals surface area contributed by atoms with Crippen LogP contribution in [0.4, 0.5) is 5.69 Å². The number of amides is 1. The van der Waals surface area contributed by atoms with E-state index in [1.165, 1.54) is 11.0 Å². The van der Waals surface area contributed by atoms with E-state index in [4.69, 9.17) is 9.88 Å². The number of benzene rings is 1. The first-order valence-corrected chi connectivity index (χ1v) is 6.55. The van der Waals surface area contributed by atoms with Gasteiger partial charge in [0.05, 0.1) is 12.3 Å². The Hall–Kier alpha value is -1.44. The van der Waals surface area contributed by atoms with Crippen molar-refractivity contribution in [2.45, 2.75) is 4.90 Å². The van der Waals surface area contributed by atoms with Crippen molar-refractivity contribution in [1.82, 2.24) is 0 Å². The Bertz CT molecular complexity index is 541. The van der Waals surface area contributed by atoms with Gasteiger partial charge in [0.25, 0.3) is 5.91 Å². The molecule has 1 aliphatic rings. The highest BCUT2D eigenvalue weighted by Crippen LogP contribution is 2.24. The van der Waals surface area contributed by atoms with Crippen LogP contribution in [0.15, 0.2) is 29.2 Å². The minimum Gasteiger partial charge on any atom is -0.370 e. The third kappa shape index (κ3) is 2.46. The smallest absolute Gasteiger partial charge is 0.253 e. The number of rotatable bonds is 2. The van der Waals surface area contributed by atoms with Gasteiger partial charge >= 0.3 is 0 Å². The number of sulfonamides is 1. The van der Waals surface area contributed by atoms with Crippen LogP contribution in [0, 0.1) is 0 Å². The number of nitrogens with two attached hydrogens (primary N) is 1. The molecule has 1 amide bonds. The lowest BCUT2D eigenvalue weighted by Crippen LogP contribution is -2.42. The van der Waals surface area contributed by atoms with E-state index in [0.717, 1.165) is 0 Å². The molecule has 0 unspecified atom stereocenters. The van der Waals surface area contributed by atoms with E-state index in [-0.39, 0.29) is 17.4 Å². The Morgan fingerprint density at radius 1 is 1.29 bits per heavy atom. The van der Waals surface area contributed by atoms with Crippen LogP contribution in [0.5, 0.6) is 0 Å². The maximum absolute atomic E-state index is 11.6. The highest BCUT2D eigenvalue weighted by molar-refractivity contribution is 7.89. The second kappa shape index (κ2) is 4.44. The molecule has 0 saturated carbocycles. The van der Waals surface area contributed by atoms with Gasteiger partial charge in [0.15, 0.2) is 0 Å². The Balaban J connectivity index is 2.48. The average Bonchev–Trinajstić information content (AvgIpc) is 2.28. The summed E-state index contributed by atoms with van der Waals surface area (Å²) in [6.45, 7) is 0.662. The quantitative estimate of drug-likeness (QED) is 0.786. The lowest BCUT2D eigenvalue weighted by Gasteiger charge is -2.28. The molecule has 1 aromatic carbocycles. The summed E-state index contributed by atoms with van der Waals surface area (Å²) in [5, 5.41) is 5.11. The first kappa shape index (κ1) is 12.0. The zero-order chi connectivity index (χ0) is 12.5. The number of para-hydroxylation sites is 1. The van der Waals surface area contributed by atoms with Crippen molar-refractivity contribution in [2.24, 2.45) is 5.14 Å². The molecule has 92 valence electrons. The lowest BCUT2D eigenvalue weighted by atomic mass is 10.2. The molecule has 1 aliphatic heterocycles. The molecule has 0 radical (unpaired) electrons. The number of carbonyl (C=O) groups is 1. The summed E-state index contributed by atoms with van der Waals surface area (Å²) in [6.07, 6.45) is 0. The van der Waals surface area contributed by atoms with Crippen molar-refractivity contribution >= 4 is 21.6 Å². The van der Waals surface area contributed by atoms with Crippen LogP contribution in [0.25, 0.3) is 0 Å². The summed E-state index contributed by atoms with van der Waals surface area (Å²) in [6, 6.07) is 6.16. The Morgan fingerprint density at radius 3 is 2.65 bits per heavy atom. The molecule has 2 rings (SSSR count). The number of ether oxygens (including phenoxy) is 1. The van der Waals surface area contributed by atoms with Gasteiger partial charge < -0.3 is 9.64 Å². The standard InChI is InChI=1S/C10H12N2O4S/c11-17(14,15)9-4-2-1-3-8(9)12-5-6-16-7-10(12)13/h1-4H,5-7H2,(H2,11,14,15). The molecular weight excluding hydrogens is 244 g/mol. The van der Waals surface area contributed by atoms with E-state index in [1.807, 2.05) is 0 Å². The van der Waals surface area contributed by atoms with Crippen molar-refractivity contribution in [3.05, 3.63) is 24.3 Å². The van der Waals surface area contributed by atoms with Gasteiger partial charge in [-0.2, -0.15) is 0 Å². The molecule has 1 heterocycles. The van der Waals surface area contributed by atoms with Crippen LogP contribution in [0.2, 0.25) is 0 Å². The third-order valence-electron chi connectivity index (χ3n) is 2.45. The topological polar surface area (TPSA) is 89.7 Å². The lowest BCUT2D eigenvalue weighted by molar-refractivity contribution is -0.125. The molecule has 2 N–H and O–H groups in total. The number of carbonyl (C=O) groups excluding carboxylic acids is 1. The number of primary sulfonamides is 1. The predicted molar refractivity (Wildman–Crippen MR) is 61.0 cm³/mol. The molecule has 0 aromatic heterocycles. The van der Waals surface area contributed by atoms with E-state index in [1.54, 1.807) is 18.2 Å². The zero-order valence-electron chi connectivity index (χ0n) is 9.00. The number of anilines is 1. The number of hydrogen-bond donors (Lipinski definition) is 1. The van der Waals surface area contributed by atoms with Crippen molar-refractivity contribution in [1.29, 1.82) is 0 Å². The van der Waals surface area contributed by atoms with E-state index in [2.05, 4.69) is 0 Å². The van der Waals surface area contributed by atoms with Gasteiger partial charge in [-0.25, -0.2) is 13.6 Å². The molecule has 1 fully saturated rings.